The Hall–Kier alpha value is -2.62. The Kier molecular flexibility index (Phi) is 2.99. The summed E-state index contributed by atoms with van der Waals surface area (Å²) in [6.07, 6.45) is 1.37. The maximum atomic E-state index is 12.3. The van der Waals surface area contributed by atoms with Gasteiger partial charge in [-0.05, 0) is 49.2 Å². The van der Waals surface area contributed by atoms with E-state index in [0.29, 0.717) is 16.7 Å². The molecule has 0 atom stereocenters. The molecule has 100 valence electrons. The number of amides is 1. The molecule has 0 aliphatic rings. The van der Waals surface area contributed by atoms with E-state index in [0.717, 1.165) is 16.8 Å². The van der Waals surface area contributed by atoms with Crippen LogP contribution in [0.25, 0.3) is 11.1 Å². The number of aryl methyl sites for hydroxylation is 1. The fourth-order valence-corrected chi connectivity index (χ4v) is 2.08. The first-order valence-electron chi connectivity index (χ1n) is 6.36. The van der Waals surface area contributed by atoms with Crippen LogP contribution in [0, 0.1) is 13.8 Å². The van der Waals surface area contributed by atoms with Crippen molar-refractivity contribution in [2.45, 2.75) is 13.8 Å². The normalized spacial score (nSPS) is 10.7. The van der Waals surface area contributed by atoms with Crippen molar-refractivity contribution in [1.82, 2.24) is 4.98 Å². The summed E-state index contributed by atoms with van der Waals surface area (Å²) >= 11 is 0. The standard InChI is InChI=1S/C16H14N2O2/c1-10-4-3-5-13(11(10)2)18-16(19)12-6-7-15-14(8-12)17-9-20-15/h3-9H,1-2H3,(H,18,19). The Bertz CT molecular complexity index is 790. The number of fused-ring (bicyclic) bond motifs is 1. The van der Waals surface area contributed by atoms with E-state index < -0.39 is 0 Å². The van der Waals surface area contributed by atoms with E-state index in [1.165, 1.54) is 6.39 Å². The molecule has 0 saturated heterocycles. The zero-order valence-electron chi connectivity index (χ0n) is 11.3. The van der Waals surface area contributed by atoms with Crippen LogP contribution in [-0.4, -0.2) is 10.9 Å². The molecule has 1 aromatic heterocycles. The van der Waals surface area contributed by atoms with E-state index >= 15 is 0 Å². The zero-order chi connectivity index (χ0) is 14.1. The minimum atomic E-state index is -0.149. The second-order valence-corrected chi connectivity index (χ2v) is 4.74. The molecule has 0 aliphatic heterocycles. The second-order valence-electron chi connectivity index (χ2n) is 4.74. The molecule has 0 fully saturated rings. The summed E-state index contributed by atoms with van der Waals surface area (Å²) in [6, 6.07) is 11.0. The number of rotatable bonds is 2. The van der Waals surface area contributed by atoms with E-state index in [1.807, 2.05) is 32.0 Å². The van der Waals surface area contributed by atoms with E-state index in [1.54, 1.807) is 18.2 Å². The van der Waals surface area contributed by atoms with Crippen LogP contribution in [0.4, 0.5) is 5.69 Å². The molecule has 1 N–H and O–H groups in total. The number of carbonyl (C=O) groups excluding carboxylic acids is 1. The van der Waals surface area contributed by atoms with Crippen LogP contribution < -0.4 is 5.32 Å². The minimum absolute atomic E-state index is 0.149. The van der Waals surface area contributed by atoms with Gasteiger partial charge in [-0.1, -0.05) is 12.1 Å². The predicted molar refractivity (Wildman–Crippen MR) is 77.9 cm³/mol. The van der Waals surface area contributed by atoms with Gasteiger partial charge in [0.15, 0.2) is 12.0 Å². The summed E-state index contributed by atoms with van der Waals surface area (Å²) in [6.45, 7) is 4.01. The maximum Gasteiger partial charge on any atom is 0.255 e. The smallest absolute Gasteiger partial charge is 0.255 e. The number of benzene rings is 2. The van der Waals surface area contributed by atoms with Gasteiger partial charge in [-0.3, -0.25) is 4.79 Å². The summed E-state index contributed by atoms with van der Waals surface area (Å²) in [7, 11) is 0. The lowest BCUT2D eigenvalue weighted by molar-refractivity contribution is 0.102. The van der Waals surface area contributed by atoms with Crippen LogP contribution in [0.3, 0.4) is 0 Å². The molecule has 3 aromatic rings. The molecule has 4 heteroatoms. The fourth-order valence-electron chi connectivity index (χ4n) is 2.08. The van der Waals surface area contributed by atoms with E-state index in [-0.39, 0.29) is 5.91 Å². The monoisotopic (exact) mass is 266 g/mol. The molecule has 1 amide bonds. The Morgan fingerprint density at radius 3 is 2.90 bits per heavy atom. The highest BCUT2D eigenvalue weighted by Gasteiger charge is 2.10. The van der Waals surface area contributed by atoms with Crippen LogP contribution in [0.2, 0.25) is 0 Å². The molecular weight excluding hydrogens is 252 g/mol. The van der Waals surface area contributed by atoms with Gasteiger partial charge in [-0.25, -0.2) is 4.98 Å². The van der Waals surface area contributed by atoms with Gasteiger partial charge < -0.3 is 9.73 Å². The lowest BCUT2D eigenvalue weighted by Crippen LogP contribution is -2.12. The highest BCUT2D eigenvalue weighted by Crippen LogP contribution is 2.20. The third-order valence-electron chi connectivity index (χ3n) is 3.45. The first-order valence-corrected chi connectivity index (χ1v) is 6.36. The molecule has 0 spiro atoms. The topological polar surface area (TPSA) is 55.1 Å². The molecule has 3 rings (SSSR count). The number of oxazole rings is 1. The van der Waals surface area contributed by atoms with Crippen molar-refractivity contribution in [3.63, 3.8) is 0 Å². The molecule has 0 aliphatic carbocycles. The summed E-state index contributed by atoms with van der Waals surface area (Å²) in [5, 5.41) is 2.93. The highest BCUT2D eigenvalue weighted by atomic mass is 16.3. The Morgan fingerprint density at radius 2 is 2.05 bits per heavy atom. The third kappa shape index (κ3) is 2.16. The fraction of sp³-hybridized carbons (Fsp3) is 0.125. The second kappa shape index (κ2) is 4.81. The summed E-state index contributed by atoms with van der Waals surface area (Å²) in [4.78, 5) is 16.3. The van der Waals surface area contributed by atoms with E-state index in [4.69, 9.17) is 4.42 Å². The zero-order valence-corrected chi connectivity index (χ0v) is 11.3. The molecule has 0 bridgehead atoms. The quantitative estimate of drug-likeness (QED) is 0.769. The molecule has 1 heterocycles. The van der Waals surface area contributed by atoms with Gasteiger partial charge in [0.25, 0.3) is 5.91 Å². The molecule has 0 unspecified atom stereocenters. The van der Waals surface area contributed by atoms with Crippen LogP contribution in [0.1, 0.15) is 21.5 Å². The number of hydrogen-bond donors (Lipinski definition) is 1. The van der Waals surface area contributed by atoms with Gasteiger partial charge in [0.05, 0.1) is 0 Å². The average Bonchev–Trinajstić information content (AvgIpc) is 2.91. The lowest BCUT2D eigenvalue weighted by Gasteiger charge is -2.10. The largest absolute Gasteiger partial charge is 0.443 e. The first kappa shape index (κ1) is 12.4. The molecule has 4 nitrogen and oxygen atoms in total. The predicted octanol–water partition coefficient (Wildman–Crippen LogP) is 3.70. The van der Waals surface area contributed by atoms with Crippen molar-refractivity contribution < 1.29 is 9.21 Å². The van der Waals surface area contributed by atoms with E-state index in [9.17, 15) is 4.79 Å². The number of aromatic nitrogens is 1. The van der Waals surface area contributed by atoms with Gasteiger partial charge in [0.2, 0.25) is 0 Å². The molecular formula is C16H14N2O2. The third-order valence-corrected chi connectivity index (χ3v) is 3.45. The summed E-state index contributed by atoms with van der Waals surface area (Å²) in [5.41, 5.74) is 4.97. The molecule has 20 heavy (non-hydrogen) atoms. The lowest BCUT2D eigenvalue weighted by atomic mass is 10.1. The van der Waals surface area contributed by atoms with Crippen molar-refractivity contribution in [2.75, 3.05) is 5.32 Å². The molecule has 2 aromatic carbocycles. The van der Waals surface area contributed by atoms with Gasteiger partial charge in [0.1, 0.15) is 5.52 Å². The summed E-state index contributed by atoms with van der Waals surface area (Å²) in [5.74, 6) is -0.149. The Labute approximate surface area is 116 Å². The number of nitrogens with zero attached hydrogens (tertiary/aromatic N) is 1. The Morgan fingerprint density at radius 1 is 1.20 bits per heavy atom. The molecule has 0 saturated carbocycles. The number of nitrogens with one attached hydrogen (secondary N) is 1. The maximum absolute atomic E-state index is 12.3. The number of carbonyl (C=O) groups is 1. The van der Waals surface area contributed by atoms with Gasteiger partial charge >= 0.3 is 0 Å². The van der Waals surface area contributed by atoms with Crippen LogP contribution in [0.15, 0.2) is 47.2 Å². The van der Waals surface area contributed by atoms with Crippen LogP contribution in [-0.2, 0) is 0 Å². The van der Waals surface area contributed by atoms with Crippen LogP contribution >= 0.6 is 0 Å². The van der Waals surface area contributed by atoms with Crippen LogP contribution in [0.5, 0.6) is 0 Å². The minimum Gasteiger partial charge on any atom is -0.443 e. The van der Waals surface area contributed by atoms with Gasteiger partial charge in [-0.2, -0.15) is 0 Å². The SMILES string of the molecule is Cc1cccc(NC(=O)c2ccc3ocnc3c2)c1C. The summed E-state index contributed by atoms with van der Waals surface area (Å²) < 4.78 is 5.16. The van der Waals surface area contributed by atoms with Crippen molar-refractivity contribution >= 4 is 22.7 Å². The average molecular weight is 266 g/mol. The number of hydrogen-bond acceptors (Lipinski definition) is 3. The highest BCUT2D eigenvalue weighted by molar-refractivity contribution is 6.06. The van der Waals surface area contributed by atoms with Crippen molar-refractivity contribution in [3.8, 4) is 0 Å². The van der Waals surface area contributed by atoms with Crippen molar-refractivity contribution in [2.24, 2.45) is 0 Å². The Balaban J connectivity index is 1.90. The van der Waals surface area contributed by atoms with Gasteiger partial charge in [-0.15, -0.1) is 0 Å². The van der Waals surface area contributed by atoms with E-state index in [2.05, 4.69) is 10.3 Å². The van der Waals surface area contributed by atoms with Crippen molar-refractivity contribution in [3.05, 3.63) is 59.5 Å². The number of anilines is 1. The first-order chi connectivity index (χ1) is 9.65. The molecule has 0 radical (unpaired) electrons. The van der Waals surface area contributed by atoms with Crippen molar-refractivity contribution in [1.29, 1.82) is 0 Å². The van der Waals surface area contributed by atoms with Gasteiger partial charge in [0, 0.05) is 11.3 Å².